The minimum absolute atomic E-state index is 0.189. The van der Waals surface area contributed by atoms with Crippen molar-refractivity contribution in [3.63, 3.8) is 0 Å². The van der Waals surface area contributed by atoms with Crippen LogP contribution in [-0.2, 0) is 19.1 Å². The topological polar surface area (TPSA) is 92.8 Å². The second kappa shape index (κ2) is 7.96. The second-order valence-corrected chi connectivity index (χ2v) is 6.45. The molecule has 0 bridgehead atoms. The van der Waals surface area contributed by atoms with Crippen LogP contribution in [0.1, 0.15) is 24.2 Å². The standard InChI is InChI=1S/C16H18N2O5S/c1-3-23-16(22)11-4-6-12(7-5-11)17-13(19)8-18-14(20)9-24-10(2)15(18)21/h4-7,10H,3,8-9H2,1-2H3,(H,17,19)/t10-/m1/s1. The van der Waals surface area contributed by atoms with Gasteiger partial charge in [0.2, 0.25) is 17.7 Å². The van der Waals surface area contributed by atoms with Crippen molar-refractivity contribution in [2.24, 2.45) is 0 Å². The van der Waals surface area contributed by atoms with E-state index in [4.69, 9.17) is 4.74 Å². The van der Waals surface area contributed by atoms with Gasteiger partial charge >= 0.3 is 5.97 Å². The Balaban J connectivity index is 1.96. The summed E-state index contributed by atoms with van der Waals surface area (Å²) in [6.07, 6.45) is 0. The first-order valence-corrected chi connectivity index (χ1v) is 8.50. The van der Waals surface area contributed by atoms with Gasteiger partial charge in [-0.1, -0.05) is 0 Å². The molecule has 8 heteroatoms. The third-order valence-corrected chi connectivity index (χ3v) is 4.47. The molecule has 0 unspecified atom stereocenters. The number of amides is 3. The van der Waals surface area contributed by atoms with E-state index < -0.39 is 11.9 Å². The molecule has 1 N–H and O–H groups in total. The third-order valence-electron chi connectivity index (χ3n) is 3.35. The quantitative estimate of drug-likeness (QED) is 0.635. The molecular formula is C16H18N2O5S. The average molecular weight is 350 g/mol. The van der Waals surface area contributed by atoms with Gasteiger partial charge in [-0.2, -0.15) is 0 Å². The number of benzene rings is 1. The highest BCUT2D eigenvalue weighted by molar-refractivity contribution is 8.01. The summed E-state index contributed by atoms with van der Waals surface area (Å²) in [5.74, 6) is -1.44. The maximum atomic E-state index is 12.0. The molecule has 128 valence electrons. The number of nitrogens with one attached hydrogen (secondary N) is 1. The number of carbonyl (C=O) groups excluding carboxylic acids is 4. The molecule has 24 heavy (non-hydrogen) atoms. The van der Waals surface area contributed by atoms with Gasteiger partial charge in [0.25, 0.3) is 0 Å². The molecular weight excluding hydrogens is 332 g/mol. The molecule has 7 nitrogen and oxygen atoms in total. The zero-order chi connectivity index (χ0) is 17.7. The van der Waals surface area contributed by atoms with Crippen molar-refractivity contribution in [1.29, 1.82) is 0 Å². The monoisotopic (exact) mass is 350 g/mol. The van der Waals surface area contributed by atoms with E-state index in [9.17, 15) is 19.2 Å². The van der Waals surface area contributed by atoms with Gasteiger partial charge in [-0.15, -0.1) is 11.8 Å². The summed E-state index contributed by atoms with van der Waals surface area (Å²) in [5.41, 5.74) is 0.842. The van der Waals surface area contributed by atoms with E-state index in [0.717, 1.165) is 4.90 Å². The summed E-state index contributed by atoms with van der Waals surface area (Å²) in [6, 6.07) is 6.18. The molecule has 0 radical (unpaired) electrons. The number of thioether (sulfide) groups is 1. The van der Waals surface area contributed by atoms with Crippen LogP contribution in [0.4, 0.5) is 5.69 Å². The van der Waals surface area contributed by atoms with Gasteiger partial charge in [-0.3, -0.25) is 19.3 Å². The van der Waals surface area contributed by atoms with E-state index in [0.29, 0.717) is 11.3 Å². The third kappa shape index (κ3) is 4.35. The lowest BCUT2D eigenvalue weighted by Gasteiger charge is -2.27. The molecule has 0 aliphatic carbocycles. The van der Waals surface area contributed by atoms with Crippen LogP contribution in [0, 0.1) is 0 Å². The van der Waals surface area contributed by atoms with Gasteiger partial charge in [-0.05, 0) is 38.1 Å². The molecule has 1 aliphatic heterocycles. The van der Waals surface area contributed by atoms with Crippen LogP contribution < -0.4 is 5.32 Å². The van der Waals surface area contributed by atoms with Crippen LogP contribution in [0.15, 0.2) is 24.3 Å². The van der Waals surface area contributed by atoms with Crippen LogP contribution in [0.2, 0.25) is 0 Å². The van der Waals surface area contributed by atoms with Crippen molar-refractivity contribution in [2.45, 2.75) is 19.1 Å². The molecule has 0 saturated carbocycles. The van der Waals surface area contributed by atoms with Gasteiger partial charge < -0.3 is 10.1 Å². The molecule has 1 fully saturated rings. The molecule has 1 saturated heterocycles. The number of hydrogen-bond acceptors (Lipinski definition) is 6. The maximum absolute atomic E-state index is 12.0. The van der Waals surface area contributed by atoms with E-state index in [1.807, 2.05) is 0 Å². The highest BCUT2D eigenvalue weighted by Gasteiger charge is 2.33. The number of nitrogens with zero attached hydrogens (tertiary/aromatic N) is 1. The average Bonchev–Trinajstić information content (AvgIpc) is 2.56. The fourth-order valence-corrected chi connectivity index (χ4v) is 2.92. The lowest BCUT2D eigenvalue weighted by atomic mass is 10.2. The van der Waals surface area contributed by atoms with E-state index in [1.165, 1.54) is 23.9 Å². The molecule has 1 aromatic carbocycles. The zero-order valence-electron chi connectivity index (χ0n) is 13.4. The summed E-state index contributed by atoms with van der Waals surface area (Å²) >= 11 is 1.26. The molecule has 1 aromatic rings. The zero-order valence-corrected chi connectivity index (χ0v) is 14.2. The Kier molecular flexibility index (Phi) is 5.97. The predicted molar refractivity (Wildman–Crippen MR) is 89.7 cm³/mol. The molecule has 2 rings (SSSR count). The molecule has 1 aliphatic rings. The fraction of sp³-hybridized carbons (Fsp3) is 0.375. The number of imide groups is 1. The molecule has 0 spiro atoms. The first-order valence-electron chi connectivity index (χ1n) is 7.45. The predicted octanol–water partition coefficient (Wildman–Crippen LogP) is 1.29. The number of hydrogen-bond donors (Lipinski definition) is 1. The lowest BCUT2D eigenvalue weighted by molar-refractivity contribution is -0.145. The maximum Gasteiger partial charge on any atom is 0.338 e. The summed E-state index contributed by atoms with van der Waals surface area (Å²) in [5, 5.41) is 2.27. The highest BCUT2D eigenvalue weighted by Crippen LogP contribution is 2.20. The van der Waals surface area contributed by atoms with Crippen LogP contribution in [-0.4, -0.2) is 52.7 Å². The molecule has 3 amide bonds. The number of rotatable bonds is 5. The lowest BCUT2D eigenvalue weighted by Crippen LogP contribution is -2.49. The molecule has 1 atom stereocenters. The van der Waals surface area contributed by atoms with Crippen LogP contribution >= 0.6 is 11.8 Å². The van der Waals surface area contributed by atoms with Gasteiger partial charge in [0.05, 0.1) is 23.2 Å². The Morgan fingerprint density at radius 1 is 1.29 bits per heavy atom. The fourth-order valence-electron chi connectivity index (χ4n) is 2.10. The first kappa shape index (κ1) is 18.0. The van der Waals surface area contributed by atoms with Gasteiger partial charge in [0, 0.05) is 5.69 Å². The Bertz CT molecular complexity index is 659. The Labute approximate surface area is 143 Å². The summed E-state index contributed by atoms with van der Waals surface area (Å²) in [6.45, 7) is 3.39. The minimum atomic E-state index is -0.473. The van der Waals surface area contributed by atoms with Crippen molar-refractivity contribution >= 4 is 41.1 Å². The van der Waals surface area contributed by atoms with Crippen LogP contribution in [0.25, 0.3) is 0 Å². The van der Waals surface area contributed by atoms with E-state index in [2.05, 4.69) is 5.32 Å². The Morgan fingerprint density at radius 2 is 1.96 bits per heavy atom. The smallest absolute Gasteiger partial charge is 0.338 e. The minimum Gasteiger partial charge on any atom is -0.462 e. The van der Waals surface area contributed by atoms with Crippen molar-refractivity contribution in [3.8, 4) is 0 Å². The number of carbonyl (C=O) groups is 4. The van der Waals surface area contributed by atoms with Crippen molar-refractivity contribution in [1.82, 2.24) is 4.90 Å². The summed E-state index contributed by atoms with van der Waals surface area (Å²) < 4.78 is 4.87. The van der Waals surface area contributed by atoms with Crippen molar-refractivity contribution in [3.05, 3.63) is 29.8 Å². The van der Waals surface area contributed by atoms with E-state index >= 15 is 0 Å². The summed E-state index contributed by atoms with van der Waals surface area (Å²) in [7, 11) is 0. The normalized spacial score (nSPS) is 17.6. The number of esters is 1. The Morgan fingerprint density at radius 3 is 2.58 bits per heavy atom. The first-order chi connectivity index (χ1) is 11.4. The van der Waals surface area contributed by atoms with E-state index in [1.54, 1.807) is 26.0 Å². The van der Waals surface area contributed by atoms with E-state index in [-0.39, 0.29) is 36.0 Å². The largest absolute Gasteiger partial charge is 0.462 e. The Hall–Kier alpha value is -2.35. The summed E-state index contributed by atoms with van der Waals surface area (Å²) in [4.78, 5) is 48.3. The second-order valence-electron chi connectivity index (χ2n) is 5.12. The van der Waals surface area contributed by atoms with Crippen molar-refractivity contribution < 1.29 is 23.9 Å². The highest BCUT2D eigenvalue weighted by atomic mass is 32.2. The van der Waals surface area contributed by atoms with Gasteiger partial charge in [-0.25, -0.2) is 4.79 Å². The molecule has 1 heterocycles. The number of anilines is 1. The van der Waals surface area contributed by atoms with Crippen molar-refractivity contribution in [2.75, 3.05) is 24.2 Å². The van der Waals surface area contributed by atoms with Gasteiger partial charge in [0.15, 0.2) is 0 Å². The number of ether oxygens (including phenoxy) is 1. The molecule has 0 aromatic heterocycles. The van der Waals surface area contributed by atoms with Crippen LogP contribution in [0.5, 0.6) is 0 Å². The van der Waals surface area contributed by atoms with Crippen LogP contribution in [0.3, 0.4) is 0 Å². The SMILES string of the molecule is CCOC(=O)c1ccc(NC(=O)CN2C(=O)CS[C@H](C)C2=O)cc1. The van der Waals surface area contributed by atoms with Gasteiger partial charge in [0.1, 0.15) is 6.54 Å².